The maximum atomic E-state index is 6.61. The van der Waals surface area contributed by atoms with Crippen LogP contribution in [-0.2, 0) is 10.8 Å². The lowest BCUT2D eigenvalue weighted by molar-refractivity contribution is 0.418. The predicted molar refractivity (Wildman–Crippen MR) is 215 cm³/mol. The second-order valence-corrected chi connectivity index (χ2v) is 15.2. The molecule has 2 nitrogen and oxygen atoms in total. The summed E-state index contributed by atoms with van der Waals surface area (Å²) >= 11 is 0. The first-order chi connectivity index (χ1) is 25.3. The van der Waals surface area contributed by atoms with E-state index in [-0.39, 0.29) is 10.8 Å². The highest BCUT2D eigenvalue weighted by atomic mass is 16.5. The summed E-state index contributed by atoms with van der Waals surface area (Å²) in [5.41, 5.74) is 11.5. The molecule has 2 heteroatoms. The summed E-state index contributed by atoms with van der Waals surface area (Å²) in [5, 5.41) is 4.90. The molecular weight excluding hydrogens is 633 g/mol. The molecule has 0 unspecified atom stereocenters. The van der Waals surface area contributed by atoms with Gasteiger partial charge in [0.2, 0.25) is 0 Å². The van der Waals surface area contributed by atoms with Crippen molar-refractivity contribution in [3.63, 3.8) is 0 Å². The standard InChI is InChI=1S/C50H38O2/c1-49(2)40-24-8-10-26-42(40)51-44-28-14-22-36(47(44)49)32-18-12-20-34-38(32)30-39-33(19-13-21-35(39)46(34)31-16-6-5-7-17-31)37-23-15-29-45-48(37)50(3,4)41-25-9-11-27-43(41)52-45/h5-30H,1-4H3. The van der Waals surface area contributed by atoms with Gasteiger partial charge >= 0.3 is 0 Å². The maximum Gasteiger partial charge on any atom is 0.132 e. The third-order valence-corrected chi connectivity index (χ3v) is 11.5. The number of fused-ring (bicyclic) bond motifs is 6. The van der Waals surface area contributed by atoms with E-state index in [1.807, 2.05) is 0 Å². The molecule has 0 aliphatic carbocycles. The van der Waals surface area contributed by atoms with E-state index < -0.39 is 0 Å². The Labute approximate surface area is 304 Å². The summed E-state index contributed by atoms with van der Waals surface area (Å²) in [4.78, 5) is 0. The van der Waals surface area contributed by atoms with Gasteiger partial charge in [-0.15, -0.1) is 0 Å². The minimum atomic E-state index is -0.266. The van der Waals surface area contributed by atoms with Crippen molar-refractivity contribution in [3.05, 3.63) is 180 Å². The zero-order valence-electron chi connectivity index (χ0n) is 29.8. The summed E-state index contributed by atoms with van der Waals surface area (Å²) in [6.45, 7) is 9.30. The Hall–Kier alpha value is -6.12. The molecule has 250 valence electrons. The summed E-state index contributed by atoms with van der Waals surface area (Å²) in [6, 6.07) is 56.8. The summed E-state index contributed by atoms with van der Waals surface area (Å²) < 4.78 is 13.2. The van der Waals surface area contributed by atoms with Crippen LogP contribution in [0.1, 0.15) is 49.9 Å². The fourth-order valence-corrected chi connectivity index (χ4v) is 9.17. The van der Waals surface area contributed by atoms with Crippen LogP contribution in [0.5, 0.6) is 23.0 Å². The zero-order chi connectivity index (χ0) is 35.2. The van der Waals surface area contributed by atoms with E-state index in [1.54, 1.807) is 0 Å². The van der Waals surface area contributed by atoms with Crippen molar-refractivity contribution in [2.75, 3.05) is 0 Å². The van der Waals surface area contributed by atoms with Gasteiger partial charge in [-0.05, 0) is 85.3 Å². The Morgan fingerprint density at radius 3 is 1.25 bits per heavy atom. The van der Waals surface area contributed by atoms with Crippen LogP contribution in [0, 0.1) is 0 Å². The molecule has 8 aromatic carbocycles. The zero-order valence-corrected chi connectivity index (χ0v) is 29.8. The monoisotopic (exact) mass is 670 g/mol. The third-order valence-electron chi connectivity index (χ3n) is 11.5. The second-order valence-electron chi connectivity index (χ2n) is 15.2. The number of hydrogen-bond acceptors (Lipinski definition) is 2. The van der Waals surface area contributed by atoms with Crippen molar-refractivity contribution >= 4 is 21.5 Å². The molecule has 8 aromatic rings. The topological polar surface area (TPSA) is 18.5 Å². The van der Waals surface area contributed by atoms with Gasteiger partial charge in [0, 0.05) is 33.1 Å². The fraction of sp³-hybridized carbons (Fsp3) is 0.120. The number of hydrogen-bond donors (Lipinski definition) is 0. The maximum absolute atomic E-state index is 6.61. The van der Waals surface area contributed by atoms with Crippen LogP contribution in [0.2, 0.25) is 0 Å². The summed E-state index contributed by atoms with van der Waals surface area (Å²) in [7, 11) is 0. The van der Waals surface area contributed by atoms with Gasteiger partial charge in [0.15, 0.2) is 0 Å². The first-order valence-electron chi connectivity index (χ1n) is 18.2. The molecule has 0 radical (unpaired) electrons. The van der Waals surface area contributed by atoms with Crippen molar-refractivity contribution in [2.24, 2.45) is 0 Å². The van der Waals surface area contributed by atoms with Crippen LogP contribution < -0.4 is 9.47 Å². The van der Waals surface area contributed by atoms with Crippen molar-refractivity contribution in [1.29, 1.82) is 0 Å². The van der Waals surface area contributed by atoms with E-state index >= 15 is 0 Å². The van der Waals surface area contributed by atoms with Gasteiger partial charge in [0.25, 0.3) is 0 Å². The van der Waals surface area contributed by atoms with Gasteiger partial charge in [0.05, 0.1) is 0 Å². The lowest BCUT2D eigenvalue weighted by atomic mass is 9.72. The van der Waals surface area contributed by atoms with Crippen LogP contribution in [0.4, 0.5) is 0 Å². The van der Waals surface area contributed by atoms with E-state index in [2.05, 4.69) is 185 Å². The Morgan fingerprint density at radius 1 is 0.346 bits per heavy atom. The molecule has 2 aliphatic heterocycles. The van der Waals surface area contributed by atoms with Gasteiger partial charge < -0.3 is 9.47 Å². The summed E-state index contributed by atoms with van der Waals surface area (Å²) in [6.07, 6.45) is 0. The molecule has 10 rings (SSSR count). The lowest BCUT2D eigenvalue weighted by Gasteiger charge is -2.36. The van der Waals surface area contributed by atoms with Gasteiger partial charge in [-0.25, -0.2) is 0 Å². The molecule has 0 fully saturated rings. The van der Waals surface area contributed by atoms with Gasteiger partial charge in [-0.1, -0.05) is 155 Å². The molecule has 0 bridgehead atoms. The van der Waals surface area contributed by atoms with Crippen molar-refractivity contribution in [2.45, 2.75) is 38.5 Å². The first kappa shape index (κ1) is 30.7. The second kappa shape index (κ2) is 11.2. The molecule has 52 heavy (non-hydrogen) atoms. The fourth-order valence-electron chi connectivity index (χ4n) is 9.17. The quantitative estimate of drug-likeness (QED) is 0.174. The smallest absolute Gasteiger partial charge is 0.132 e. The molecule has 0 N–H and O–H groups in total. The van der Waals surface area contributed by atoms with Gasteiger partial charge in [0.1, 0.15) is 23.0 Å². The Balaban J connectivity index is 1.29. The highest BCUT2D eigenvalue weighted by Gasteiger charge is 2.38. The average Bonchev–Trinajstić information content (AvgIpc) is 3.16. The van der Waals surface area contributed by atoms with Gasteiger partial charge in [-0.2, -0.15) is 0 Å². The van der Waals surface area contributed by atoms with Crippen LogP contribution in [0.25, 0.3) is 54.9 Å². The molecule has 0 amide bonds. The molecule has 0 saturated heterocycles. The molecular formula is C50H38O2. The molecule has 0 aromatic heterocycles. The Morgan fingerprint density at radius 2 is 0.750 bits per heavy atom. The van der Waals surface area contributed by atoms with Crippen molar-refractivity contribution < 1.29 is 9.47 Å². The molecule has 0 spiro atoms. The number of para-hydroxylation sites is 2. The van der Waals surface area contributed by atoms with Crippen molar-refractivity contribution in [3.8, 4) is 56.4 Å². The minimum Gasteiger partial charge on any atom is -0.457 e. The van der Waals surface area contributed by atoms with Crippen LogP contribution in [0.15, 0.2) is 158 Å². The van der Waals surface area contributed by atoms with Crippen LogP contribution in [-0.4, -0.2) is 0 Å². The highest BCUT2D eigenvalue weighted by Crippen LogP contribution is 2.55. The van der Waals surface area contributed by atoms with Gasteiger partial charge in [-0.3, -0.25) is 0 Å². The number of rotatable bonds is 3. The van der Waals surface area contributed by atoms with E-state index in [4.69, 9.17) is 9.47 Å². The molecule has 2 heterocycles. The van der Waals surface area contributed by atoms with E-state index in [0.29, 0.717) is 0 Å². The molecule has 0 atom stereocenters. The summed E-state index contributed by atoms with van der Waals surface area (Å²) in [5.74, 6) is 3.69. The number of benzene rings is 8. The van der Waals surface area contributed by atoms with E-state index in [0.717, 1.165) is 23.0 Å². The molecule has 0 saturated carbocycles. The normalized spacial score (nSPS) is 14.8. The van der Waals surface area contributed by atoms with Crippen LogP contribution >= 0.6 is 0 Å². The third kappa shape index (κ3) is 4.37. The van der Waals surface area contributed by atoms with Crippen molar-refractivity contribution in [1.82, 2.24) is 0 Å². The SMILES string of the molecule is CC1(C)c2ccccc2Oc2cccc(-c3cccc4c(-c5ccccc5)c5cccc(-c6cccc7c6C(C)(C)c6ccccc6O7)c5cc34)c21. The average molecular weight is 671 g/mol. The number of ether oxygens (including phenoxy) is 2. The van der Waals surface area contributed by atoms with E-state index in [1.165, 1.54) is 77.2 Å². The largest absolute Gasteiger partial charge is 0.457 e. The predicted octanol–water partition coefficient (Wildman–Crippen LogP) is 13.9. The highest BCUT2D eigenvalue weighted by molar-refractivity contribution is 6.19. The minimum absolute atomic E-state index is 0.266. The lowest BCUT2D eigenvalue weighted by Crippen LogP contribution is -2.25. The van der Waals surface area contributed by atoms with Crippen LogP contribution in [0.3, 0.4) is 0 Å². The Kier molecular flexibility index (Phi) is 6.60. The first-order valence-corrected chi connectivity index (χ1v) is 18.2. The Bertz CT molecular complexity index is 2570. The van der Waals surface area contributed by atoms with E-state index in [9.17, 15) is 0 Å². The molecule has 2 aliphatic rings.